The highest BCUT2D eigenvalue weighted by Gasteiger charge is 2.36. The van der Waals surface area contributed by atoms with Crippen LogP contribution in [0.2, 0.25) is 0 Å². The van der Waals surface area contributed by atoms with Gasteiger partial charge in [-0.2, -0.15) is 13.2 Å². The van der Waals surface area contributed by atoms with Crippen LogP contribution < -0.4 is 4.74 Å². The van der Waals surface area contributed by atoms with Gasteiger partial charge in [0, 0.05) is 5.56 Å². The average molecular weight is 564 g/mol. The van der Waals surface area contributed by atoms with E-state index >= 15 is 8.78 Å². The van der Waals surface area contributed by atoms with E-state index in [4.69, 9.17) is 0 Å². The van der Waals surface area contributed by atoms with Crippen LogP contribution in [0.25, 0.3) is 32.7 Å². The molecule has 0 atom stereocenters. The van der Waals surface area contributed by atoms with Crippen molar-refractivity contribution in [2.24, 2.45) is 0 Å². The molecule has 5 aromatic carbocycles. The molecule has 0 aliphatic rings. The molecule has 0 amide bonds. The normalized spacial score (nSPS) is 11.9. The Kier molecular flexibility index (Phi) is 6.89. The smallest absolute Gasteiger partial charge is 0.426 e. The van der Waals surface area contributed by atoms with Crippen molar-refractivity contribution in [3.8, 4) is 16.9 Å². The molecule has 0 aliphatic heterocycles. The Bertz CT molecular complexity index is 1780. The third kappa shape index (κ3) is 4.61. The van der Waals surface area contributed by atoms with E-state index in [1.165, 1.54) is 12.1 Å². The highest BCUT2D eigenvalue weighted by atomic mass is 19.3. The van der Waals surface area contributed by atoms with E-state index in [9.17, 15) is 30.7 Å². The molecule has 40 heavy (non-hydrogen) atoms. The van der Waals surface area contributed by atoms with Gasteiger partial charge in [-0.3, -0.25) is 0 Å². The number of ether oxygens (including phenoxy) is 1. The van der Waals surface area contributed by atoms with Crippen LogP contribution in [-0.4, -0.2) is 0 Å². The van der Waals surface area contributed by atoms with Gasteiger partial charge in [-0.15, -0.1) is 0 Å². The van der Waals surface area contributed by atoms with Gasteiger partial charge in [-0.05, 0) is 64.7 Å². The minimum atomic E-state index is -4.06. The van der Waals surface area contributed by atoms with Crippen LogP contribution in [0.15, 0.2) is 60.7 Å². The van der Waals surface area contributed by atoms with E-state index in [1.807, 2.05) is 6.92 Å². The summed E-state index contributed by atoms with van der Waals surface area (Å²) in [5, 5.41) is -2.65. The van der Waals surface area contributed by atoms with Gasteiger partial charge >= 0.3 is 6.11 Å². The van der Waals surface area contributed by atoms with Crippen LogP contribution in [0.5, 0.6) is 5.75 Å². The number of aryl methyl sites for hydroxylation is 1. The van der Waals surface area contributed by atoms with Gasteiger partial charge in [0.2, 0.25) is 5.82 Å². The van der Waals surface area contributed by atoms with Gasteiger partial charge in [-0.25, -0.2) is 26.3 Å². The minimum absolute atomic E-state index is 0.326. The molecule has 0 heterocycles. The molecule has 10 heteroatoms. The summed E-state index contributed by atoms with van der Waals surface area (Å²) in [6, 6.07) is 9.92. The van der Waals surface area contributed by atoms with Gasteiger partial charge in [0.05, 0.1) is 16.3 Å². The zero-order valence-electron chi connectivity index (χ0n) is 20.5. The molecule has 5 rings (SSSR count). The van der Waals surface area contributed by atoms with Crippen LogP contribution in [0.4, 0.5) is 39.5 Å². The SMILES string of the molecule is CCCc1ccc(C(F)(F)Oc2cc3ccc(-c4cc(F)c5c(F)c(F)c(F)cc5c4)c(F)c3c(F)c2F)cc1. The summed E-state index contributed by atoms with van der Waals surface area (Å²) in [4.78, 5) is 0. The van der Waals surface area contributed by atoms with Gasteiger partial charge in [0.25, 0.3) is 0 Å². The maximum Gasteiger partial charge on any atom is 0.426 e. The van der Waals surface area contributed by atoms with E-state index in [0.29, 0.717) is 24.6 Å². The standard InChI is InChI=1S/C30H17F9O/c1-2-3-14-4-7-18(8-5-14)30(38,39)40-22-13-15-6-9-19(25(33)24(15)29(37)27(22)35)16-10-17-12-21(32)26(34)28(36)23(17)20(31)11-16/h4-13H,2-3H2,1H3. The van der Waals surface area contributed by atoms with Crippen LogP contribution in [0, 0.1) is 40.7 Å². The fraction of sp³-hybridized carbons (Fsp3) is 0.133. The summed E-state index contributed by atoms with van der Waals surface area (Å²) in [6.07, 6.45) is -2.61. The van der Waals surface area contributed by atoms with Crippen molar-refractivity contribution in [2.45, 2.75) is 25.9 Å². The van der Waals surface area contributed by atoms with Gasteiger partial charge in [-0.1, -0.05) is 37.6 Å². The molecule has 0 unspecified atom stereocenters. The van der Waals surface area contributed by atoms with E-state index in [-0.39, 0.29) is 10.9 Å². The Morgan fingerprint density at radius 2 is 1.30 bits per heavy atom. The Morgan fingerprint density at radius 1 is 0.625 bits per heavy atom. The molecule has 0 saturated carbocycles. The zero-order valence-corrected chi connectivity index (χ0v) is 20.5. The average Bonchev–Trinajstić information content (AvgIpc) is 2.90. The fourth-order valence-electron chi connectivity index (χ4n) is 4.55. The minimum Gasteiger partial charge on any atom is -0.426 e. The molecule has 0 radical (unpaired) electrons. The number of rotatable bonds is 6. The first-order chi connectivity index (χ1) is 18.9. The molecule has 0 saturated heterocycles. The van der Waals surface area contributed by atoms with E-state index in [0.717, 1.165) is 42.3 Å². The molecule has 0 aromatic heterocycles. The largest absolute Gasteiger partial charge is 0.426 e. The lowest BCUT2D eigenvalue weighted by atomic mass is 9.96. The number of hydrogen-bond donors (Lipinski definition) is 0. The van der Waals surface area contributed by atoms with Crippen LogP contribution in [-0.2, 0) is 12.5 Å². The molecule has 1 nitrogen and oxygen atoms in total. The lowest BCUT2D eigenvalue weighted by molar-refractivity contribution is -0.187. The van der Waals surface area contributed by atoms with Crippen molar-refractivity contribution < 1.29 is 44.3 Å². The van der Waals surface area contributed by atoms with Crippen molar-refractivity contribution in [2.75, 3.05) is 0 Å². The second-order valence-corrected chi connectivity index (χ2v) is 9.14. The fourth-order valence-corrected chi connectivity index (χ4v) is 4.55. The van der Waals surface area contributed by atoms with Crippen molar-refractivity contribution in [1.82, 2.24) is 0 Å². The third-order valence-corrected chi connectivity index (χ3v) is 6.49. The lowest BCUT2D eigenvalue weighted by Crippen LogP contribution is -2.22. The summed E-state index contributed by atoms with van der Waals surface area (Å²) in [6.45, 7) is 1.92. The summed E-state index contributed by atoms with van der Waals surface area (Å²) >= 11 is 0. The molecule has 206 valence electrons. The Labute approximate surface area is 221 Å². The Balaban J connectivity index is 1.57. The Morgan fingerprint density at radius 3 is 1.98 bits per heavy atom. The molecule has 0 fully saturated rings. The van der Waals surface area contributed by atoms with Gasteiger partial charge in [0.1, 0.15) is 11.6 Å². The van der Waals surface area contributed by atoms with Crippen molar-refractivity contribution in [1.29, 1.82) is 0 Å². The number of benzene rings is 5. The Hall–Kier alpha value is -4.21. The van der Waals surface area contributed by atoms with Crippen molar-refractivity contribution >= 4 is 21.5 Å². The predicted octanol–water partition coefficient (Wildman–Crippen LogP) is 9.71. The topological polar surface area (TPSA) is 9.23 Å². The van der Waals surface area contributed by atoms with Crippen LogP contribution >= 0.6 is 0 Å². The summed E-state index contributed by atoms with van der Waals surface area (Å²) in [5.41, 5.74) is -0.638. The van der Waals surface area contributed by atoms with Crippen LogP contribution in [0.3, 0.4) is 0 Å². The van der Waals surface area contributed by atoms with E-state index in [2.05, 4.69) is 4.74 Å². The highest BCUT2D eigenvalue weighted by Crippen LogP contribution is 2.40. The summed E-state index contributed by atoms with van der Waals surface area (Å²) in [7, 11) is 0. The first kappa shape index (κ1) is 27.4. The zero-order chi connectivity index (χ0) is 28.9. The molecular weight excluding hydrogens is 547 g/mol. The highest BCUT2D eigenvalue weighted by molar-refractivity contribution is 5.93. The number of halogens is 9. The van der Waals surface area contributed by atoms with Crippen molar-refractivity contribution in [3.63, 3.8) is 0 Å². The molecule has 0 spiro atoms. The van der Waals surface area contributed by atoms with Crippen LogP contribution in [0.1, 0.15) is 24.5 Å². The summed E-state index contributed by atoms with van der Waals surface area (Å²) in [5.74, 6) is -13.0. The second-order valence-electron chi connectivity index (χ2n) is 9.14. The molecule has 0 N–H and O–H groups in total. The second kappa shape index (κ2) is 10.1. The number of fused-ring (bicyclic) bond motifs is 2. The summed E-state index contributed by atoms with van der Waals surface area (Å²) < 4.78 is 135. The number of hydrogen-bond acceptors (Lipinski definition) is 1. The number of alkyl halides is 2. The van der Waals surface area contributed by atoms with Gasteiger partial charge in [0.15, 0.2) is 29.0 Å². The molecule has 0 bridgehead atoms. The lowest BCUT2D eigenvalue weighted by Gasteiger charge is -2.20. The van der Waals surface area contributed by atoms with E-state index < -0.39 is 79.9 Å². The first-order valence-corrected chi connectivity index (χ1v) is 12.0. The molecule has 0 aliphatic carbocycles. The molecule has 5 aromatic rings. The monoisotopic (exact) mass is 564 g/mol. The maximum atomic E-state index is 15.5. The third-order valence-electron chi connectivity index (χ3n) is 6.49. The quantitative estimate of drug-likeness (QED) is 0.147. The molecular formula is C30H17F9O. The first-order valence-electron chi connectivity index (χ1n) is 12.0. The predicted molar refractivity (Wildman–Crippen MR) is 132 cm³/mol. The van der Waals surface area contributed by atoms with E-state index in [1.54, 1.807) is 0 Å². The van der Waals surface area contributed by atoms with Crippen molar-refractivity contribution in [3.05, 3.63) is 113 Å². The maximum absolute atomic E-state index is 15.5. The van der Waals surface area contributed by atoms with Gasteiger partial charge < -0.3 is 4.74 Å².